The second-order valence-electron chi connectivity index (χ2n) is 3.43. The summed E-state index contributed by atoms with van der Waals surface area (Å²) >= 11 is 1.59. The van der Waals surface area contributed by atoms with Gasteiger partial charge in [-0.3, -0.25) is 0 Å². The molecule has 2 amide bonds. The summed E-state index contributed by atoms with van der Waals surface area (Å²) in [4.78, 5) is 14.5. The van der Waals surface area contributed by atoms with Crippen molar-refractivity contribution in [1.82, 2.24) is 4.90 Å². The number of thioether (sulfide) groups is 1. The first-order chi connectivity index (χ1) is 8.22. The molecular weight excluding hydrogens is 236 g/mol. The molecule has 1 rings (SSSR count). The van der Waals surface area contributed by atoms with Gasteiger partial charge < -0.3 is 15.3 Å². The van der Waals surface area contributed by atoms with Gasteiger partial charge in [-0.25, -0.2) is 4.79 Å². The predicted molar refractivity (Wildman–Crippen MR) is 71.6 cm³/mol. The second kappa shape index (κ2) is 7.19. The molecule has 0 spiro atoms. The van der Waals surface area contributed by atoms with E-state index in [0.717, 1.165) is 10.6 Å². The highest BCUT2D eigenvalue weighted by atomic mass is 32.2. The number of hydrogen-bond donors (Lipinski definition) is 2. The zero-order valence-electron chi connectivity index (χ0n) is 10.1. The quantitative estimate of drug-likeness (QED) is 0.792. The zero-order valence-corrected chi connectivity index (χ0v) is 11.0. The Morgan fingerprint density at radius 2 is 2.18 bits per heavy atom. The molecule has 0 heterocycles. The average Bonchev–Trinajstić information content (AvgIpc) is 2.36. The average molecular weight is 254 g/mol. The van der Waals surface area contributed by atoms with Crippen LogP contribution in [-0.4, -0.2) is 42.0 Å². The van der Waals surface area contributed by atoms with Crippen LogP contribution in [-0.2, 0) is 0 Å². The molecule has 1 aromatic rings. The van der Waals surface area contributed by atoms with E-state index >= 15 is 0 Å². The topological polar surface area (TPSA) is 52.6 Å². The van der Waals surface area contributed by atoms with Crippen LogP contribution in [0.3, 0.4) is 0 Å². The van der Waals surface area contributed by atoms with Gasteiger partial charge in [-0.05, 0) is 25.3 Å². The third-order valence-corrected chi connectivity index (χ3v) is 3.18. The van der Waals surface area contributed by atoms with Crippen molar-refractivity contribution in [2.45, 2.75) is 11.8 Å². The Hall–Kier alpha value is -1.20. The van der Waals surface area contributed by atoms with E-state index in [1.165, 1.54) is 0 Å². The molecule has 0 unspecified atom stereocenters. The van der Waals surface area contributed by atoms with Gasteiger partial charge in [-0.1, -0.05) is 12.1 Å². The van der Waals surface area contributed by atoms with E-state index in [0.29, 0.717) is 13.1 Å². The number of amides is 2. The molecule has 17 heavy (non-hydrogen) atoms. The van der Waals surface area contributed by atoms with Gasteiger partial charge in [-0.2, -0.15) is 0 Å². The minimum absolute atomic E-state index is 0.0224. The molecule has 0 fully saturated rings. The molecule has 0 saturated carbocycles. The minimum atomic E-state index is -0.178. The van der Waals surface area contributed by atoms with Gasteiger partial charge in [-0.15, -0.1) is 11.8 Å². The molecule has 1 aromatic carbocycles. The first-order valence-corrected chi connectivity index (χ1v) is 6.75. The van der Waals surface area contributed by atoms with Gasteiger partial charge in [0.15, 0.2) is 0 Å². The zero-order chi connectivity index (χ0) is 12.7. The van der Waals surface area contributed by atoms with E-state index in [-0.39, 0.29) is 12.6 Å². The Labute approximate surface area is 106 Å². The molecule has 0 bridgehead atoms. The predicted octanol–water partition coefficient (Wildman–Crippen LogP) is 2.25. The number of rotatable bonds is 5. The third-order valence-electron chi connectivity index (χ3n) is 2.39. The summed E-state index contributed by atoms with van der Waals surface area (Å²) in [6.07, 6.45) is 1.97. The van der Waals surface area contributed by atoms with Crippen molar-refractivity contribution in [2.75, 3.05) is 31.3 Å². The summed E-state index contributed by atoms with van der Waals surface area (Å²) in [7, 11) is 0. The van der Waals surface area contributed by atoms with Crippen LogP contribution in [0, 0.1) is 0 Å². The number of likely N-dealkylation sites (N-methyl/N-ethyl adjacent to an activating group) is 1. The summed E-state index contributed by atoms with van der Waals surface area (Å²) in [5.41, 5.74) is 0.807. The van der Waals surface area contributed by atoms with Gasteiger partial charge in [0.1, 0.15) is 0 Å². The molecule has 0 saturated heterocycles. The fourth-order valence-electron chi connectivity index (χ4n) is 1.47. The van der Waals surface area contributed by atoms with E-state index in [9.17, 15) is 4.79 Å². The van der Waals surface area contributed by atoms with Crippen LogP contribution in [0.1, 0.15) is 6.92 Å². The minimum Gasteiger partial charge on any atom is -0.395 e. The van der Waals surface area contributed by atoms with E-state index in [2.05, 4.69) is 5.32 Å². The number of benzene rings is 1. The summed E-state index contributed by atoms with van der Waals surface area (Å²) < 4.78 is 0. The first kappa shape index (κ1) is 13.9. The summed E-state index contributed by atoms with van der Waals surface area (Å²) in [5, 5.41) is 11.7. The van der Waals surface area contributed by atoms with Gasteiger partial charge in [0, 0.05) is 18.0 Å². The molecule has 0 aliphatic rings. The van der Waals surface area contributed by atoms with Crippen molar-refractivity contribution in [3.8, 4) is 0 Å². The summed E-state index contributed by atoms with van der Waals surface area (Å²) in [6.45, 7) is 2.79. The maximum absolute atomic E-state index is 11.9. The van der Waals surface area contributed by atoms with Crippen LogP contribution >= 0.6 is 11.8 Å². The molecule has 0 aliphatic heterocycles. The molecule has 2 N–H and O–H groups in total. The standard InChI is InChI=1S/C12H18N2O2S/c1-3-14(8-9-15)12(16)13-10-6-4-5-7-11(10)17-2/h4-7,15H,3,8-9H2,1-2H3,(H,13,16). The second-order valence-corrected chi connectivity index (χ2v) is 4.28. The van der Waals surface area contributed by atoms with Crippen molar-refractivity contribution in [3.05, 3.63) is 24.3 Å². The highest BCUT2D eigenvalue weighted by Gasteiger charge is 2.12. The van der Waals surface area contributed by atoms with Crippen molar-refractivity contribution >= 4 is 23.5 Å². The fraction of sp³-hybridized carbons (Fsp3) is 0.417. The van der Waals surface area contributed by atoms with Crippen LogP contribution in [0.2, 0.25) is 0 Å². The number of aliphatic hydroxyl groups is 1. The number of aliphatic hydroxyl groups excluding tert-OH is 1. The lowest BCUT2D eigenvalue weighted by Gasteiger charge is -2.20. The van der Waals surface area contributed by atoms with Crippen molar-refractivity contribution < 1.29 is 9.90 Å². The number of para-hydroxylation sites is 1. The Morgan fingerprint density at radius 3 is 2.76 bits per heavy atom. The normalized spacial score (nSPS) is 10.1. The molecule has 0 atom stereocenters. The number of anilines is 1. The third kappa shape index (κ3) is 3.94. The van der Waals surface area contributed by atoms with Crippen LogP contribution in [0.25, 0.3) is 0 Å². The fourth-order valence-corrected chi connectivity index (χ4v) is 2.02. The van der Waals surface area contributed by atoms with Crippen LogP contribution < -0.4 is 5.32 Å². The number of nitrogens with one attached hydrogen (secondary N) is 1. The highest BCUT2D eigenvalue weighted by Crippen LogP contribution is 2.24. The van der Waals surface area contributed by atoms with E-state index in [1.807, 2.05) is 37.4 Å². The Bertz CT molecular complexity index is 371. The molecule has 0 aliphatic carbocycles. The van der Waals surface area contributed by atoms with Crippen molar-refractivity contribution in [3.63, 3.8) is 0 Å². The highest BCUT2D eigenvalue weighted by molar-refractivity contribution is 7.98. The molecule has 94 valence electrons. The summed E-state index contributed by atoms with van der Waals surface area (Å²) in [6, 6.07) is 7.48. The number of carbonyl (C=O) groups is 1. The van der Waals surface area contributed by atoms with Crippen LogP contribution in [0.15, 0.2) is 29.2 Å². The monoisotopic (exact) mass is 254 g/mol. The molecular formula is C12H18N2O2S. The molecule has 0 aromatic heterocycles. The SMILES string of the molecule is CCN(CCO)C(=O)Nc1ccccc1SC. The Balaban J connectivity index is 2.72. The van der Waals surface area contributed by atoms with E-state index in [4.69, 9.17) is 5.11 Å². The van der Waals surface area contributed by atoms with Crippen molar-refractivity contribution in [1.29, 1.82) is 0 Å². The van der Waals surface area contributed by atoms with Gasteiger partial charge >= 0.3 is 6.03 Å². The van der Waals surface area contributed by atoms with E-state index in [1.54, 1.807) is 16.7 Å². The Kier molecular flexibility index (Phi) is 5.86. The van der Waals surface area contributed by atoms with Crippen LogP contribution in [0.5, 0.6) is 0 Å². The van der Waals surface area contributed by atoms with Gasteiger partial charge in [0.25, 0.3) is 0 Å². The lowest BCUT2D eigenvalue weighted by Crippen LogP contribution is -2.36. The first-order valence-electron chi connectivity index (χ1n) is 5.52. The van der Waals surface area contributed by atoms with Crippen molar-refractivity contribution in [2.24, 2.45) is 0 Å². The smallest absolute Gasteiger partial charge is 0.321 e. The lowest BCUT2D eigenvalue weighted by molar-refractivity contribution is 0.192. The number of hydrogen-bond acceptors (Lipinski definition) is 3. The lowest BCUT2D eigenvalue weighted by atomic mass is 10.3. The number of urea groups is 1. The van der Waals surface area contributed by atoms with Gasteiger partial charge in [0.2, 0.25) is 0 Å². The maximum atomic E-state index is 11.9. The molecule has 5 heteroatoms. The Morgan fingerprint density at radius 1 is 1.47 bits per heavy atom. The summed E-state index contributed by atoms with van der Waals surface area (Å²) in [5.74, 6) is 0. The molecule has 4 nitrogen and oxygen atoms in total. The van der Waals surface area contributed by atoms with Crippen LogP contribution in [0.4, 0.5) is 10.5 Å². The maximum Gasteiger partial charge on any atom is 0.321 e. The van der Waals surface area contributed by atoms with Gasteiger partial charge in [0.05, 0.1) is 12.3 Å². The largest absolute Gasteiger partial charge is 0.395 e. The number of carbonyl (C=O) groups excluding carboxylic acids is 1. The van der Waals surface area contributed by atoms with E-state index < -0.39 is 0 Å². The number of nitrogens with zero attached hydrogens (tertiary/aromatic N) is 1. The molecule has 0 radical (unpaired) electrons.